The van der Waals surface area contributed by atoms with Crippen molar-refractivity contribution in [1.29, 1.82) is 0 Å². The van der Waals surface area contributed by atoms with Crippen LogP contribution in [-0.2, 0) is 17.5 Å². The minimum Gasteiger partial charge on any atom is -0.324 e. The van der Waals surface area contributed by atoms with Crippen LogP contribution < -0.4 is 5.32 Å². The normalized spacial score (nSPS) is 11.7. The SMILES string of the molecule is Cc1cc(C(F)(F)F)nn1CCC(=O)Nc1ccc(Br)c2cccnc12. The number of aromatic nitrogens is 3. The van der Waals surface area contributed by atoms with E-state index in [1.165, 1.54) is 11.6 Å². The smallest absolute Gasteiger partial charge is 0.324 e. The van der Waals surface area contributed by atoms with Crippen LogP contribution in [0.25, 0.3) is 10.9 Å². The van der Waals surface area contributed by atoms with E-state index in [1.54, 1.807) is 24.4 Å². The summed E-state index contributed by atoms with van der Waals surface area (Å²) in [4.78, 5) is 16.5. The number of fused-ring (bicyclic) bond motifs is 1. The summed E-state index contributed by atoms with van der Waals surface area (Å²) in [5, 5.41) is 7.12. The number of halogens is 4. The van der Waals surface area contributed by atoms with Crippen LogP contribution in [0.15, 0.2) is 41.0 Å². The predicted molar refractivity (Wildman–Crippen MR) is 94.7 cm³/mol. The quantitative estimate of drug-likeness (QED) is 0.665. The average Bonchev–Trinajstić information content (AvgIpc) is 2.97. The molecule has 26 heavy (non-hydrogen) atoms. The van der Waals surface area contributed by atoms with Crippen LogP contribution in [0, 0.1) is 6.92 Å². The number of nitrogens with one attached hydrogen (secondary N) is 1. The first kappa shape index (κ1) is 18.4. The Morgan fingerprint density at radius 3 is 2.77 bits per heavy atom. The Balaban J connectivity index is 1.71. The first-order valence-electron chi connectivity index (χ1n) is 7.70. The zero-order valence-corrected chi connectivity index (χ0v) is 15.2. The monoisotopic (exact) mass is 426 g/mol. The largest absolute Gasteiger partial charge is 0.435 e. The summed E-state index contributed by atoms with van der Waals surface area (Å²) in [6.07, 6.45) is -2.89. The van der Waals surface area contributed by atoms with Crippen LogP contribution in [0.5, 0.6) is 0 Å². The standard InChI is InChI=1S/C17H14BrF3N4O/c1-10-9-14(17(19,20)21)24-25(10)8-6-15(26)23-13-5-4-12(18)11-3-2-7-22-16(11)13/h2-5,7,9H,6,8H2,1H3,(H,23,26). The van der Waals surface area contributed by atoms with Crippen molar-refractivity contribution in [3.8, 4) is 0 Å². The van der Waals surface area contributed by atoms with Gasteiger partial charge in [-0.15, -0.1) is 0 Å². The van der Waals surface area contributed by atoms with E-state index in [0.717, 1.165) is 15.9 Å². The second kappa shape index (κ2) is 7.06. The highest BCUT2D eigenvalue weighted by molar-refractivity contribution is 9.10. The fraction of sp³-hybridized carbons (Fsp3) is 0.235. The Kier molecular flexibility index (Phi) is 4.99. The number of alkyl halides is 3. The highest BCUT2D eigenvalue weighted by Gasteiger charge is 2.34. The van der Waals surface area contributed by atoms with E-state index >= 15 is 0 Å². The summed E-state index contributed by atoms with van der Waals surface area (Å²) >= 11 is 3.43. The second-order valence-electron chi connectivity index (χ2n) is 5.68. The van der Waals surface area contributed by atoms with Crippen LogP contribution in [-0.4, -0.2) is 20.7 Å². The molecule has 0 aliphatic carbocycles. The molecule has 0 bridgehead atoms. The molecule has 5 nitrogen and oxygen atoms in total. The number of rotatable bonds is 4. The number of carbonyl (C=O) groups is 1. The van der Waals surface area contributed by atoms with Gasteiger partial charge in [0.2, 0.25) is 5.91 Å². The summed E-state index contributed by atoms with van der Waals surface area (Å²) in [5.74, 6) is -0.331. The molecule has 9 heteroatoms. The van der Waals surface area contributed by atoms with E-state index < -0.39 is 11.9 Å². The number of benzene rings is 1. The van der Waals surface area contributed by atoms with Crippen molar-refractivity contribution in [3.63, 3.8) is 0 Å². The van der Waals surface area contributed by atoms with E-state index in [1.807, 2.05) is 6.07 Å². The second-order valence-corrected chi connectivity index (χ2v) is 6.54. The number of pyridine rings is 1. The number of nitrogens with zero attached hydrogens (tertiary/aromatic N) is 3. The maximum atomic E-state index is 12.7. The fourth-order valence-electron chi connectivity index (χ4n) is 2.53. The van der Waals surface area contributed by atoms with Crippen LogP contribution in [0.1, 0.15) is 17.8 Å². The Morgan fingerprint density at radius 2 is 2.08 bits per heavy atom. The molecule has 0 aliphatic rings. The van der Waals surface area contributed by atoms with Crippen molar-refractivity contribution in [2.45, 2.75) is 26.1 Å². The van der Waals surface area contributed by atoms with Crippen molar-refractivity contribution < 1.29 is 18.0 Å². The van der Waals surface area contributed by atoms with Gasteiger partial charge in [0.05, 0.1) is 11.2 Å². The lowest BCUT2D eigenvalue weighted by atomic mass is 10.2. The van der Waals surface area contributed by atoms with E-state index in [9.17, 15) is 18.0 Å². The van der Waals surface area contributed by atoms with Gasteiger partial charge in [0, 0.05) is 34.7 Å². The van der Waals surface area contributed by atoms with Gasteiger partial charge in [-0.2, -0.15) is 18.3 Å². The molecule has 136 valence electrons. The molecule has 0 atom stereocenters. The Bertz CT molecular complexity index is 968. The van der Waals surface area contributed by atoms with Gasteiger partial charge in [0.15, 0.2) is 5.69 Å². The van der Waals surface area contributed by atoms with Crippen molar-refractivity contribution in [2.75, 3.05) is 5.32 Å². The third-order valence-corrected chi connectivity index (χ3v) is 4.50. The Labute approximate surface area is 155 Å². The number of carbonyl (C=O) groups excluding carboxylic acids is 1. The van der Waals surface area contributed by atoms with Crippen LogP contribution in [0.3, 0.4) is 0 Å². The summed E-state index contributed by atoms with van der Waals surface area (Å²) in [7, 11) is 0. The molecule has 0 aliphatic heterocycles. The topological polar surface area (TPSA) is 59.8 Å². The van der Waals surface area contributed by atoms with E-state index in [0.29, 0.717) is 16.9 Å². The van der Waals surface area contributed by atoms with Gasteiger partial charge >= 0.3 is 6.18 Å². The van der Waals surface area contributed by atoms with Gasteiger partial charge in [0.1, 0.15) is 0 Å². The molecule has 0 unspecified atom stereocenters. The van der Waals surface area contributed by atoms with Gasteiger partial charge in [-0.1, -0.05) is 22.0 Å². The Morgan fingerprint density at radius 1 is 1.31 bits per heavy atom. The van der Waals surface area contributed by atoms with Crippen molar-refractivity contribution in [3.05, 3.63) is 52.4 Å². The van der Waals surface area contributed by atoms with Gasteiger partial charge in [-0.25, -0.2) is 0 Å². The molecule has 2 heterocycles. The molecule has 0 fully saturated rings. The molecule has 0 saturated heterocycles. The van der Waals surface area contributed by atoms with Crippen molar-refractivity contribution in [1.82, 2.24) is 14.8 Å². The zero-order valence-electron chi connectivity index (χ0n) is 13.6. The predicted octanol–water partition coefficient (Wildman–Crippen LogP) is 4.55. The molecule has 1 aromatic carbocycles. The molecule has 0 saturated carbocycles. The van der Waals surface area contributed by atoms with Crippen molar-refractivity contribution in [2.24, 2.45) is 0 Å². The number of aryl methyl sites for hydroxylation is 2. The highest BCUT2D eigenvalue weighted by Crippen LogP contribution is 2.29. The molecule has 1 N–H and O–H groups in total. The summed E-state index contributed by atoms with van der Waals surface area (Å²) < 4.78 is 40.1. The van der Waals surface area contributed by atoms with E-state index in [4.69, 9.17) is 0 Å². The van der Waals surface area contributed by atoms with Gasteiger partial charge in [-0.3, -0.25) is 14.5 Å². The lowest BCUT2D eigenvalue weighted by molar-refractivity contribution is -0.141. The highest BCUT2D eigenvalue weighted by atomic mass is 79.9. The molecular formula is C17H14BrF3N4O. The molecule has 3 aromatic rings. The minimum absolute atomic E-state index is 0.00971. The number of amides is 1. The third-order valence-electron chi connectivity index (χ3n) is 3.81. The number of anilines is 1. The van der Waals surface area contributed by atoms with E-state index in [-0.39, 0.29) is 18.9 Å². The zero-order chi connectivity index (χ0) is 18.9. The molecular weight excluding hydrogens is 413 g/mol. The van der Waals surface area contributed by atoms with Crippen LogP contribution in [0.2, 0.25) is 0 Å². The lowest BCUT2D eigenvalue weighted by Crippen LogP contribution is -2.16. The van der Waals surface area contributed by atoms with Crippen LogP contribution >= 0.6 is 15.9 Å². The fourth-order valence-corrected chi connectivity index (χ4v) is 2.99. The molecule has 3 rings (SSSR count). The van der Waals surface area contributed by atoms with Crippen LogP contribution in [0.4, 0.5) is 18.9 Å². The first-order chi connectivity index (χ1) is 12.3. The van der Waals surface area contributed by atoms with Gasteiger partial charge in [0.25, 0.3) is 0 Å². The molecule has 0 spiro atoms. The summed E-state index contributed by atoms with van der Waals surface area (Å²) in [5.41, 5.74) is 0.561. The maximum absolute atomic E-state index is 12.7. The summed E-state index contributed by atoms with van der Waals surface area (Å²) in [6, 6.07) is 8.14. The van der Waals surface area contributed by atoms with Crippen molar-refractivity contribution >= 4 is 38.4 Å². The van der Waals surface area contributed by atoms with Gasteiger partial charge in [-0.05, 0) is 31.2 Å². The average molecular weight is 427 g/mol. The third kappa shape index (κ3) is 3.87. The maximum Gasteiger partial charge on any atom is 0.435 e. The lowest BCUT2D eigenvalue weighted by Gasteiger charge is -2.10. The molecule has 2 aromatic heterocycles. The van der Waals surface area contributed by atoms with E-state index in [2.05, 4.69) is 31.3 Å². The number of hydrogen-bond acceptors (Lipinski definition) is 3. The molecule has 1 amide bonds. The number of hydrogen-bond donors (Lipinski definition) is 1. The Hall–Kier alpha value is -2.42. The minimum atomic E-state index is -4.50. The van der Waals surface area contributed by atoms with Gasteiger partial charge < -0.3 is 5.32 Å². The first-order valence-corrected chi connectivity index (χ1v) is 8.50. The molecule has 0 radical (unpaired) electrons. The summed E-state index contributed by atoms with van der Waals surface area (Å²) in [6.45, 7) is 1.57.